The number of hydrogen-bond donors (Lipinski definition) is 2. The second-order valence-corrected chi connectivity index (χ2v) is 7.96. The van der Waals surface area contributed by atoms with E-state index in [0.29, 0.717) is 19.1 Å². The highest BCUT2D eigenvalue weighted by Gasteiger charge is 2.26. The van der Waals surface area contributed by atoms with Crippen molar-refractivity contribution in [2.45, 2.75) is 32.0 Å². The molecule has 160 valence electrons. The Morgan fingerprint density at radius 2 is 1.93 bits per heavy atom. The third kappa shape index (κ3) is 5.60. The monoisotopic (exact) mass is 409 g/mol. The lowest BCUT2D eigenvalue weighted by Gasteiger charge is -2.36. The van der Waals surface area contributed by atoms with E-state index in [0.717, 1.165) is 57.3 Å². The summed E-state index contributed by atoms with van der Waals surface area (Å²) in [7, 11) is 1.81. The highest BCUT2D eigenvalue weighted by molar-refractivity contribution is 5.80. The first kappa shape index (κ1) is 20.4. The fourth-order valence-corrected chi connectivity index (χ4v) is 3.74. The van der Waals surface area contributed by atoms with Crippen LogP contribution in [0.25, 0.3) is 0 Å². The molecule has 0 bridgehead atoms. The lowest BCUT2D eigenvalue weighted by Crippen LogP contribution is -2.54. The van der Waals surface area contributed by atoms with Crippen LogP contribution < -0.4 is 10.6 Å². The van der Waals surface area contributed by atoms with E-state index in [2.05, 4.69) is 59.2 Å². The first-order chi connectivity index (χ1) is 14.7. The average Bonchev–Trinajstić information content (AvgIpc) is 3.47. The zero-order valence-electron chi connectivity index (χ0n) is 17.6. The third-order valence-corrected chi connectivity index (χ3v) is 5.60. The average molecular weight is 410 g/mol. The molecule has 2 heterocycles. The molecule has 8 heteroatoms. The number of rotatable bonds is 7. The fourth-order valence-electron chi connectivity index (χ4n) is 3.74. The van der Waals surface area contributed by atoms with Gasteiger partial charge in [-0.15, -0.1) is 0 Å². The van der Waals surface area contributed by atoms with Gasteiger partial charge in [0.2, 0.25) is 5.91 Å². The standard InChI is InChI=1S/C22H31N7O/c1-23-22(28-13-11-27(12-14-28)17-21(30)26-19-7-8-19)25-15-20-24-9-10-29(20)16-18-5-3-2-4-6-18/h2-6,9-10,19H,7-8,11-17H2,1H3,(H,23,25)(H,26,30). The molecule has 0 radical (unpaired) electrons. The minimum atomic E-state index is 0.152. The molecule has 2 N–H and O–H groups in total. The van der Waals surface area contributed by atoms with E-state index in [1.54, 1.807) is 0 Å². The molecule has 2 aromatic rings. The van der Waals surface area contributed by atoms with E-state index < -0.39 is 0 Å². The smallest absolute Gasteiger partial charge is 0.234 e. The first-order valence-electron chi connectivity index (χ1n) is 10.7. The summed E-state index contributed by atoms with van der Waals surface area (Å²) in [4.78, 5) is 25.5. The second-order valence-electron chi connectivity index (χ2n) is 7.96. The molecule has 1 aliphatic heterocycles. The SMILES string of the molecule is CN=C(NCc1nccn1Cc1ccccc1)N1CCN(CC(=O)NC2CC2)CC1. The van der Waals surface area contributed by atoms with E-state index in [-0.39, 0.29) is 5.91 Å². The maximum absolute atomic E-state index is 12.0. The number of nitrogens with one attached hydrogen (secondary N) is 2. The Kier molecular flexibility index (Phi) is 6.63. The molecular formula is C22H31N7O. The van der Waals surface area contributed by atoms with Gasteiger partial charge in [-0.25, -0.2) is 4.98 Å². The molecule has 0 atom stereocenters. The lowest BCUT2D eigenvalue weighted by molar-refractivity contribution is -0.122. The number of aromatic nitrogens is 2. The summed E-state index contributed by atoms with van der Waals surface area (Å²) in [6, 6.07) is 10.8. The van der Waals surface area contributed by atoms with Crippen LogP contribution in [0.15, 0.2) is 47.7 Å². The van der Waals surface area contributed by atoms with Gasteiger partial charge in [0.25, 0.3) is 0 Å². The van der Waals surface area contributed by atoms with Crippen molar-refractivity contribution in [3.8, 4) is 0 Å². The van der Waals surface area contributed by atoms with Gasteiger partial charge in [-0.05, 0) is 18.4 Å². The Bertz CT molecular complexity index is 851. The van der Waals surface area contributed by atoms with Crippen LogP contribution in [0.5, 0.6) is 0 Å². The molecule has 0 spiro atoms. The van der Waals surface area contributed by atoms with E-state index >= 15 is 0 Å². The Morgan fingerprint density at radius 1 is 1.17 bits per heavy atom. The van der Waals surface area contributed by atoms with Gasteiger partial charge in [0.05, 0.1) is 13.1 Å². The predicted octanol–water partition coefficient (Wildman–Crippen LogP) is 0.903. The molecule has 1 aromatic carbocycles. The molecule has 1 amide bonds. The van der Waals surface area contributed by atoms with Crippen molar-refractivity contribution in [3.63, 3.8) is 0 Å². The van der Waals surface area contributed by atoms with Crippen molar-refractivity contribution >= 4 is 11.9 Å². The molecular weight excluding hydrogens is 378 g/mol. The van der Waals surface area contributed by atoms with Crippen molar-refractivity contribution in [1.82, 2.24) is 30.0 Å². The predicted molar refractivity (Wildman–Crippen MR) is 117 cm³/mol. The summed E-state index contributed by atoms with van der Waals surface area (Å²) in [5.74, 6) is 2.01. The molecule has 1 aromatic heterocycles. The van der Waals surface area contributed by atoms with Crippen LogP contribution in [0.1, 0.15) is 24.2 Å². The molecule has 0 unspecified atom stereocenters. The normalized spacial score (nSPS) is 17.8. The topological polar surface area (TPSA) is 77.8 Å². The van der Waals surface area contributed by atoms with Gasteiger partial charge in [0, 0.05) is 58.2 Å². The van der Waals surface area contributed by atoms with Gasteiger partial charge in [-0.2, -0.15) is 0 Å². The number of carbonyl (C=O) groups excluding carboxylic acids is 1. The molecule has 1 saturated heterocycles. The van der Waals surface area contributed by atoms with Gasteiger partial charge in [-0.3, -0.25) is 14.7 Å². The van der Waals surface area contributed by atoms with Crippen LogP contribution in [0.3, 0.4) is 0 Å². The number of piperazine rings is 1. The van der Waals surface area contributed by atoms with Crippen molar-refractivity contribution in [2.75, 3.05) is 39.8 Å². The second kappa shape index (κ2) is 9.75. The maximum atomic E-state index is 12.0. The van der Waals surface area contributed by atoms with Gasteiger partial charge >= 0.3 is 0 Å². The van der Waals surface area contributed by atoms with Crippen molar-refractivity contribution in [2.24, 2.45) is 4.99 Å². The third-order valence-electron chi connectivity index (χ3n) is 5.60. The summed E-state index contributed by atoms with van der Waals surface area (Å²) in [5, 5.41) is 6.52. The number of imidazole rings is 1. The fraction of sp³-hybridized carbons (Fsp3) is 0.500. The summed E-state index contributed by atoms with van der Waals surface area (Å²) in [5.41, 5.74) is 1.25. The Labute approximate surface area is 178 Å². The van der Waals surface area contributed by atoms with Gasteiger partial charge in [-0.1, -0.05) is 30.3 Å². The van der Waals surface area contributed by atoms with Crippen LogP contribution in [0.4, 0.5) is 0 Å². The number of aliphatic imine (C=N–C) groups is 1. The number of amides is 1. The summed E-state index contributed by atoms with van der Waals surface area (Å²) in [6.45, 7) is 5.36. The maximum Gasteiger partial charge on any atom is 0.234 e. The highest BCUT2D eigenvalue weighted by atomic mass is 16.2. The quantitative estimate of drug-likeness (QED) is 0.525. The largest absolute Gasteiger partial charge is 0.352 e. The summed E-state index contributed by atoms with van der Waals surface area (Å²) >= 11 is 0. The molecule has 2 aliphatic rings. The minimum Gasteiger partial charge on any atom is -0.352 e. The molecule has 1 aliphatic carbocycles. The van der Waals surface area contributed by atoms with Crippen LogP contribution >= 0.6 is 0 Å². The number of carbonyl (C=O) groups is 1. The first-order valence-corrected chi connectivity index (χ1v) is 10.7. The molecule has 8 nitrogen and oxygen atoms in total. The molecule has 1 saturated carbocycles. The Hall–Kier alpha value is -2.87. The summed E-state index contributed by atoms with van der Waals surface area (Å²) < 4.78 is 2.16. The number of benzene rings is 1. The van der Waals surface area contributed by atoms with Crippen molar-refractivity contribution < 1.29 is 4.79 Å². The zero-order valence-corrected chi connectivity index (χ0v) is 17.6. The van der Waals surface area contributed by atoms with Crippen molar-refractivity contribution in [3.05, 3.63) is 54.1 Å². The van der Waals surface area contributed by atoms with E-state index in [1.165, 1.54) is 5.56 Å². The van der Waals surface area contributed by atoms with Crippen LogP contribution in [-0.2, 0) is 17.9 Å². The van der Waals surface area contributed by atoms with Crippen LogP contribution in [0.2, 0.25) is 0 Å². The van der Waals surface area contributed by atoms with Gasteiger partial charge in [0.1, 0.15) is 5.82 Å². The number of nitrogens with zero attached hydrogens (tertiary/aromatic N) is 5. The van der Waals surface area contributed by atoms with E-state index in [1.807, 2.05) is 25.5 Å². The molecule has 2 fully saturated rings. The summed E-state index contributed by atoms with van der Waals surface area (Å²) in [6.07, 6.45) is 6.11. The van der Waals surface area contributed by atoms with Crippen LogP contribution in [0, 0.1) is 0 Å². The van der Waals surface area contributed by atoms with Gasteiger partial charge < -0.3 is 20.1 Å². The van der Waals surface area contributed by atoms with E-state index in [9.17, 15) is 4.79 Å². The van der Waals surface area contributed by atoms with Crippen molar-refractivity contribution in [1.29, 1.82) is 0 Å². The Morgan fingerprint density at radius 3 is 2.63 bits per heavy atom. The lowest BCUT2D eigenvalue weighted by atomic mass is 10.2. The number of hydrogen-bond acceptors (Lipinski definition) is 4. The molecule has 4 rings (SSSR count). The van der Waals surface area contributed by atoms with Gasteiger partial charge in [0.15, 0.2) is 5.96 Å². The Balaban J connectivity index is 1.25. The zero-order chi connectivity index (χ0) is 20.8. The molecule has 30 heavy (non-hydrogen) atoms. The van der Waals surface area contributed by atoms with Crippen LogP contribution in [-0.4, -0.2) is 77.0 Å². The van der Waals surface area contributed by atoms with E-state index in [4.69, 9.17) is 0 Å². The number of guanidine groups is 1. The minimum absolute atomic E-state index is 0.152. The highest BCUT2D eigenvalue weighted by Crippen LogP contribution is 2.18.